The summed E-state index contributed by atoms with van der Waals surface area (Å²) in [7, 11) is 0. The molecule has 0 amide bonds. The Labute approximate surface area is 162 Å². The highest BCUT2D eigenvalue weighted by Crippen LogP contribution is 2.66. The molecule has 3 aliphatic rings. The lowest BCUT2D eigenvalue weighted by Gasteiger charge is -2.64. The lowest BCUT2D eigenvalue weighted by molar-refractivity contribution is -0.195. The van der Waals surface area contributed by atoms with E-state index in [1.165, 1.54) is 6.92 Å². The molecular formula is C22H34O5. The Hall–Kier alpha value is -1.20. The molecule has 152 valence electrons. The number of aliphatic hydroxyl groups excluding tert-OH is 2. The van der Waals surface area contributed by atoms with E-state index >= 15 is 0 Å². The van der Waals surface area contributed by atoms with Crippen molar-refractivity contribution in [2.45, 2.75) is 78.9 Å². The van der Waals surface area contributed by atoms with E-state index in [9.17, 15) is 19.8 Å². The van der Waals surface area contributed by atoms with E-state index < -0.39 is 11.5 Å². The zero-order valence-electron chi connectivity index (χ0n) is 17.2. The molecule has 0 heterocycles. The van der Waals surface area contributed by atoms with Crippen molar-refractivity contribution in [3.8, 4) is 0 Å². The molecule has 7 atom stereocenters. The fourth-order valence-corrected chi connectivity index (χ4v) is 6.42. The van der Waals surface area contributed by atoms with Crippen LogP contribution in [-0.4, -0.2) is 40.8 Å². The van der Waals surface area contributed by atoms with Crippen LogP contribution in [0.4, 0.5) is 0 Å². The fraction of sp³-hybridized carbons (Fsp3) is 0.818. The van der Waals surface area contributed by atoms with E-state index in [2.05, 4.69) is 13.8 Å². The first-order valence-electron chi connectivity index (χ1n) is 10.1. The number of allylic oxidation sites excluding steroid dienone is 2. The molecule has 3 rings (SSSR count). The normalized spacial score (nSPS) is 45.4. The van der Waals surface area contributed by atoms with Gasteiger partial charge in [0.05, 0.1) is 12.7 Å². The molecule has 2 fully saturated rings. The summed E-state index contributed by atoms with van der Waals surface area (Å²) in [6, 6.07) is 0. The molecule has 0 unspecified atom stereocenters. The van der Waals surface area contributed by atoms with Gasteiger partial charge in [0, 0.05) is 19.3 Å². The molecule has 0 aromatic carbocycles. The van der Waals surface area contributed by atoms with Crippen LogP contribution in [0.25, 0.3) is 0 Å². The first kappa shape index (κ1) is 20.5. The van der Waals surface area contributed by atoms with Crippen LogP contribution in [0.5, 0.6) is 0 Å². The predicted octanol–water partition coefficient (Wildman–Crippen LogP) is 3.03. The number of fused-ring (bicyclic) bond motifs is 3. The third-order valence-corrected chi connectivity index (χ3v) is 8.39. The molecule has 0 saturated heterocycles. The first-order chi connectivity index (χ1) is 12.5. The number of esters is 1. The minimum Gasteiger partial charge on any atom is -0.462 e. The lowest BCUT2D eigenvalue weighted by atomic mass is 9.41. The van der Waals surface area contributed by atoms with Gasteiger partial charge in [-0.3, -0.25) is 9.59 Å². The van der Waals surface area contributed by atoms with Crippen molar-refractivity contribution in [3.63, 3.8) is 0 Å². The topological polar surface area (TPSA) is 83.8 Å². The molecule has 0 bridgehead atoms. The summed E-state index contributed by atoms with van der Waals surface area (Å²) in [6.07, 6.45) is 4.31. The van der Waals surface area contributed by atoms with E-state index in [4.69, 9.17) is 4.74 Å². The quantitative estimate of drug-likeness (QED) is 0.738. The monoisotopic (exact) mass is 378 g/mol. The van der Waals surface area contributed by atoms with Gasteiger partial charge in [-0.05, 0) is 60.8 Å². The van der Waals surface area contributed by atoms with Crippen molar-refractivity contribution in [2.24, 2.45) is 28.1 Å². The number of carbonyl (C=O) groups excluding carboxylic acids is 2. The molecule has 5 heteroatoms. The van der Waals surface area contributed by atoms with Crippen LogP contribution in [0, 0.1) is 28.1 Å². The highest BCUT2D eigenvalue weighted by Gasteiger charge is 2.63. The number of aliphatic hydroxyl groups is 2. The first-order valence-corrected chi connectivity index (χ1v) is 10.1. The van der Waals surface area contributed by atoms with Gasteiger partial charge < -0.3 is 14.9 Å². The van der Waals surface area contributed by atoms with E-state index in [1.54, 1.807) is 6.08 Å². The van der Waals surface area contributed by atoms with Gasteiger partial charge in [0.2, 0.25) is 0 Å². The minimum absolute atomic E-state index is 0.0677. The van der Waals surface area contributed by atoms with Crippen LogP contribution in [0.1, 0.15) is 66.7 Å². The van der Waals surface area contributed by atoms with E-state index in [0.717, 1.165) is 18.4 Å². The van der Waals surface area contributed by atoms with Crippen molar-refractivity contribution in [1.82, 2.24) is 0 Å². The summed E-state index contributed by atoms with van der Waals surface area (Å²) in [5, 5.41) is 20.0. The summed E-state index contributed by atoms with van der Waals surface area (Å²) >= 11 is 0. The number of carbonyl (C=O) groups is 2. The summed E-state index contributed by atoms with van der Waals surface area (Å²) in [4.78, 5) is 24.3. The number of rotatable bonds is 3. The minimum atomic E-state index is -0.789. The van der Waals surface area contributed by atoms with Gasteiger partial charge in [-0.2, -0.15) is 0 Å². The zero-order valence-corrected chi connectivity index (χ0v) is 17.2. The molecule has 0 aromatic rings. The lowest BCUT2D eigenvalue weighted by Crippen LogP contribution is -2.61. The average Bonchev–Trinajstić information content (AvgIpc) is 2.58. The SMILES string of the molecule is CC(=O)O[C@H]1C[C@@]2(C)C(C)=CC(=O)C[C@@H]2[C@@]2(C)CC[C@](C)([C@H](O)CO)C[C@H]12. The average molecular weight is 379 g/mol. The third-order valence-electron chi connectivity index (χ3n) is 8.39. The second-order valence-corrected chi connectivity index (χ2v) is 9.99. The number of hydrogen-bond acceptors (Lipinski definition) is 5. The third kappa shape index (κ3) is 3.17. The molecule has 0 spiro atoms. The predicted molar refractivity (Wildman–Crippen MR) is 102 cm³/mol. The molecule has 5 nitrogen and oxygen atoms in total. The fourth-order valence-electron chi connectivity index (χ4n) is 6.42. The van der Waals surface area contributed by atoms with Gasteiger partial charge in [-0.15, -0.1) is 0 Å². The Bertz CT molecular complexity index is 670. The van der Waals surface area contributed by atoms with Crippen LogP contribution >= 0.6 is 0 Å². The Morgan fingerprint density at radius 1 is 1.30 bits per heavy atom. The van der Waals surface area contributed by atoms with Crippen LogP contribution < -0.4 is 0 Å². The molecule has 2 saturated carbocycles. The zero-order chi connectivity index (χ0) is 20.2. The molecule has 27 heavy (non-hydrogen) atoms. The summed E-state index contributed by atoms with van der Waals surface area (Å²) in [5.41, 5.74) is 0.369. The highest BCUT2D eigenvalue weighted by molar-refractivity contribution is 5.92. The number of hydrogen-bond donors (Lipinski definition) is 2. The molecule has 2 N–H and O–H groups in total. The van der Waals surface area contributed by atoms with Crippen molar-refractivity contribution < 1.29 is 24.5 Å². The smallest absolute Gasteiger partial charge is 0.302 e. The van der Waals surface area contributed by atoms with Gasteiger partial charge in [0.15, 0.2) is 5.78 Å². The Morgan fingerprint density at radius 2 is 1.96 bits per heavy atom. The maximum Gasteiger partial charge on any atom is 0.302 e. The molecule has 0 radical (unpaired) electrons. The Balaban J connectivity index is 2.05. The Kier molecular flexibility index (Phi) is 5.09. The standard InChI is InChI=1S/C22H34O5/c1-13-8-15(25)9-18-21(4)7-6-20(3,19(26)12-23)10-16(21)17(27-14(2)24)11-22(13,18)5/h8,16-19,23,26H,6-7,9-12H2,1-5H3/t16-,17+,18-,19-,20+,21+,22+/m1/s1. The second kappa shape index (κ2) is 6.70. The van der Waals surface area contributed by atoms with Gasteiger partial charge >= 0.3 is 5.97 Å². The Morgan fingerprint density at radius 3 is 2.56 bits per heavy atom. The van der Waals surface area contributed by atoms with Crippen molar-refractivity contribution in [3.05, 3.63) is 11.6 Å². The van der Waals surface area contributed by atoms with Crippen LogP contribution in [-0.2, 0) is 14.3 Å². The van der Waals surface area contributed by atoms with Crippen LogP contribution in [0.2, 0.25) is 0 Å². The maximum absolute atomic E-state index is 12.4. The molecule has 0 aliphatic heterocycles. The highest BCUT2D eigenvalue weighted by atomic mass is 16.5. The van der Waals surface area contributed by atoms with Crippen LogP contribution in [0.3, 0.4) is 0 Å². The largest absolute Gasteiger partial charge is 0.462 e. The van der Waals surface area contributed by atoms with Gasteiger partial charge in [0.1, 0.15) is 6.10 Å². The number of ether oxygens (including phenoxy) is 1. The van der Waals surface area contributed by atoms with Crippen molar-refractivity contribution >= 4 is 11.8 Å². The van der Waals surface area contributed by atoms with Crippen molar-refractivity contribution in [1.29, 1.82) is 0 Å². The molecular weight excluding hydrogens is 344 g/mol. The van der Waals surface area contributed by atoms with Gasteiger partial charge in [-0.1, -0.05) is 26.3 Å². The maximum atomic E-state index is 12.4. The van der Waals surface area contributed by atoms with Crippen LogP contribution in [0.15, 0.2) is 11.6 Å². The number of ketones is 1. The molecule has 0 aromatic heterocycles. The van der Waals surface area contributed by atoms with Crippen molar-refractivity contribution in [2.75, 3.05) is 6.61 Å². The summed E-state index contributed by atoms with van der Waals surface area (Å²) < 4.78 is 5.83. The molecule has 3 aliphatic carbocycles. The van der Waals surface area contributed by atoms with Gasteiger partial charge in [-0.25, -0.2) is 0 Å². The van der Waals surface area contributed by atoms with Gasteiger partial charge in [0.25, 0.3) is 0 Å². The summed E-state index contributed by atoms with van der Waals surface area (Å²) in [5.74, 6) is 0.172. The van der Waals surface area contributed by atoms with E-state index in [1.807, 2.05) is 13.8 Å². The van der Waals surface area contributed by atoms with E-state index in [-0.39, 0.29) is 47.1 Å². The second-order valence-electron chi connectivity index (χ2n) is 9.99. The summed E-state index contributed by atoms with van der Waals surface area (Å²) in [6.45, 7) is 9.69. The van der Waals surface area contributed by atoms with E-state index in [0.29, 0.717) is 19.3 Å².